The van der Waals surface area contributed by atoms with E-state index in [0.29, 0.717) is 41.0 Å². The van der Waals surface area contributed by atoms with Gasteiger partial charge in [-0.3, -0.25) is 9.59 Å². The second kappa shape index (κ2) is 6.32. The highest BCUT2D eigenvalue weighted by molar-refractivity contribution is 7.89. The van der Waals surface area contributed by atoms with Crippen molar-refractivity contribution in [3.05, 3.63) is 46.8 Å². The van der Waals surface area contributed by atoms with Gasteiger partial charge in [-0.1, -0.05) is 0 Å². The summed E-state index contributed by atoms with van der Waals surface area (Å²) in [5.41, 5.74) is 3.61. The number of aromatic amines is 1. The minimum Gasteiger partial charge on any atom is -0.361 e. The van der Waals surface area contributed by atoms with E-state index in [1.54, 1.807) is 30.3 Å². The molecule has 146 valence electrons. The molecule has 8 nitrogen and oxygen atoms in total. The molecule has 0 aliphatic carbocycles. The molecule has 9 heteroatoms. The number of nitrogens with zero attached hydrogens (tertiary/aromatic N) is 2. The Kier molecular flexibility index (Phi) is 4.16. The van der Waals surface area contributed by atoms with Gasteiger partial charge in [0, 0.05) is 50.8 Å². The Morgan fingerprint density at radius 1 is 1.18 bits per heavy atom. The molecule has 2 N–H and O–H groups in total. The maximum absolute atomic E-state index is 12.5. The summed E-state index contributed by atoms with van der Waals surface area (Å²) in [5.74, 6) is -0.366. The van der Waals surface area contributed by atoms with Crippen LogP contribution in [-0.4, -0.2) is 62.1 Å². The van der Waals surface area contributed by atoms with Crippen LogP contribution in [0.2, 0.25) is 0 Å². The average Bonchev–Trinajstić information content (AvgIpc) is 3.19. The van der Waals surface area contributed by atoms with Crippen LogP contribution in [0.4, 0.5) is 5.69 Å². The summed E-state index contributed by atoms with van der Waals surface area (Å²) in [6.07, 6.45) is 4.02. The maximum atomic E-state index is 12.5. The molecular weight excluding hydrogens is 380 g/mol. The van der Waals surface area contributed by atoms with Crippen LogP contribution in [0.25, 0.3) is 11.6 Å². The van der Waals surface area contributed by atoms with Gasteiger partial charge in [-0.15, -0.1) is 0 Å². The van der Waals surface area contributed by atoms with Crippen LogP contribution in [0.1, 0.15) is 27.2 Å². The van der Waals surface area contributed by atoms with Gasteiger partial charge < -0.3 is 15.2 Å². The van der Waals surface area contributed by atoms with E-state index in [1.807, 2.05) is 0 Å². The van der Waals surface area contributed by atoms with Crippen LogP contribution in [0.15, 0.2) is 29.3 Å². The predicted molar refractivity (Wildman–Crippen MR) is 105 cm³/mol. The summed E-state index contributed by atoms with van der Waals surface area (Å²) in [4.78, 5) is 29.6. The van der Waals surface area contributed by atoms with Gasteiger partial charge in [-0.05, 0) is 36.3 Å². The van der Waals surface area contributed by atoms with Crippen LogP contribution >= 0.6 is 0 Å². The second-order valence-corrected chi connectivity index (χ2v) is 9.23. The van der Waals surface area contributed by atoms with Crippen molar-refractivity contribution in [2.75, 3.05) is 33.0 Å². The molecule has 0 radical (unpaired) electrons. The first-order chi connectivity index (χ1) is 13.2. The number of sulfonamides is 1. The first-order valence-corrected chi connectivity index (χ1v) is 10.2. The minimum atomic E-state index is -3.62. The molecule has 3 heterocycles. The largest absolute Gasteiger partial charge is 0.361 e. The van der Waals surface area contributed by atoms with Crippen LogP contribution in [-0.2, 0) is 21.2 Å². The molecule has 0 atom stereocenters. The Morgan fingerprint density at radius 3 is 2.64 bits per heavy atom. The average molecular weight is 400 g/mol. The highest BCUT2D eigenvalue weighted by Gasteiger charge is 2.29. The zero-order chi connectivity index (χ0) is 20.2. The van der Waals surface area contributed by atoms with Gasteiger partial charge >= 0.3 is 0 Å². The zero-order valence-corrected chi connectivity index (χ0v) is 16.6. The fourth-order valence-corrected chi connectivity index (χ4v) is 4.40. The van der Waals surface area contributed by atoms with Gasteiger partial charge in [0.2, 0.25) is 10.0 Å². The van der Waals surface area contributed by atoms with E-state index in [4.69, 9.17) is 0 Å². The number of aromatic nitrogens is 1. The third-order valence-corrected chi connectivity index (χ3v) is 6.95. The summed E-state index contributed by atoms with van der Waals surface area (Å²) in [5, 5.41) is 2.76. The van der Waals surface area contributed by atoms with Crippen molar-refractivity contribution in [1.29, 1.82) is 0 Å². The summed E-state index contributed by atoms with van der Waals surface area (Å²) in [6, 6.07) is 4.57. The molecule has 0 unspecified atom stereocenters. The number of H-pyrrole nitrogens is 1. The van der Waals surface area contributed by atoms with Gasteiger partial charge in [0.15, 0.2) is 0 Å². The van der Waals surface area contributed by atoms with Crippen molar-refractivity contribution in [3.63, 3.8) is 0 Å². The fourth-order valence-electron chi connectivity index (χ4n) is 3.47. The normalized spacial score (nSPS) is 17.9. The Balaban J connectivity index is 1.81. The third kappa shape index (κ3) is 2.74. The summed E-state index contributed by atoms with van der Waals surface area (Å²) in [6.45, 7) is 0.605. The number of fused-ring (bicyclic) bond motifs is 2. The number of hydrogen-bond donors (Lipinski definition) is 2. The molecule has 0 bridgehead atoms. The number of carbonyl (C=O) groups is 2. The van der Waals surface area contributed by atoms with Crippen LogP contribution in [0, 0.1) is 0 Å². The fraction of sp³-hybridized carbons (Fsp3) is 0.263. The van der Waals surface area contributed by atoms with Crippen LogP contribution in [0.5, 0.6) is 0 Å². The highest BCUT2D eigenvalue weighted by Crippen LogP contribution is 2.36. The molecule has 2 amide bonds. The smallest absolute Gasteiger partial charge is 0.256 e. The number of benzene rings is 1. The number of carbonyl (C=O) groups excluding carboxylic acids is 2. The molecule has 2 aromatic rings. The summed E-state index contributed by atoms with van der Waals surface area (Å²) in [7, 11) is 1.05. The van der Waals surface area contributed by atoms with E-state index in [-0.39, 0.29) is 16.7 Å². The first-order valence-electron chi connectivity index (χ1n) is 8.76. The molecule has 0 fully saturated rings. The highest BCUT2D eigenvalue weighted by atomic mass is 32.2. The SMILES string of the molecule is CN1CCc2c(c[nH]c2/C=C2\C(=O)Nc3ccc(S(=O)(=O)N(C)C)cc32)C1=O. The Hall–Kier alpha value is -2.91. The van der Waals surface area contributed by atoms with Crippen molar-refractivity contribution in [3.8, 4) is 0 Å². The standard InChI is InChI=1S/C19H20N4O4S/c1-22(2)28(26,27)11-4-5-16-13(8-11)14(18(24)21-16)9-17-12-6-7-23(3)19(25)15(12)10-20-17/h4-5,8-10,20H,6-7H2,1-3H3,(H,21,24)/b14-9-. The second-order valence-electron chi connectivity index (χ2n) is 7.08. The van der Waals surface area contributed by atoms with Crippen LogP contribution < -0.4 is 5.32 Å². The van der Waals surface area contributed by atoms with Crippen molar-refractivity contribution in [1.82, 2.24) is 14.2 Å². The van der Waals surface area contributed by atoms with E-state index in [2.05, 4.69) is 10.3 Å². The number of likely N-dealkylation sites (N-methyl/N-ethyl adjacent to an activating group) is 1. The number of nitrogens with one attached hydrogen (secondary N) is 2. The molecule has 1 aromatic heterocycles. The Bertz CT molecular complexity index is 1140. The van der Waals surface area contributed by atoms with E-state index >= 15 is 0 Å². The predicted octanol–water partition coefficient (Wildman–Crippen LogP) is 1.39. The third-order valence-electron chi connectivity index (χ3n) is 5.14. The van der Waals surface area contributed by atoms with Gasteiger partial charge in [0.05, 0.1) is 16.0 Å². The van der Waals surface area contributed by atoms with E-state index in [1.165, 1.54) is 26.2 Å². The van der Waals surface area contributed by atoms with Crippen molar-refractivity contribution < 1.29 is 18.0 Å². The quantitative estimate of drug-likeness (QED) is 0.760. The summed E-state index contributed by atoms with van der Waals surface area (Å²) >= 11 is 0. The minimum absolute atomic E-state index is 0.0576. The Labute approximate surface area is 162 Å². The molecule has 28 heavy (non-hydrogen) atoms. The number of amides is 2. The first kappa shape index (κ1) is 18.5. The summed E-state index contributed by atoms with van der Waals surface area (Å²) < 4.78 is 26.0. The van der Waals surface area contributed by atoms with E-state index in [9.17, 15) is 18.0 Å². The van der Waals surface area contributed by atoms with Gasteiger partial charge in [0.1, 0.15) is 0 Å². The van der Waals surface area contributed by atoms with Crippen molar-refractivity contribution >= 4 is 39.2 Å². The van der Waals surface area contributed by atoms with Gasteiger partial charge in [-0.2, -0.15) is 0 Å². The lowest BCUT2D eigenvalue weighted by molar-refractivity contribution is -0.110. The molecule has 0 saturated carbocycles. The van der Waals surface area contributed by atoms with Crippen molar-refractivity contribution in [2.24, 2.45) is 0 Å². The monoisotopic (exact) mass is 400 g/mol. The number of rotatable bonds is 3. The van der Waals surface area contributed by atoms with Crippen LogP contribution in [0.3, 0.4) is 0 Å². The van der Waals surface area contributed by atoms with Crippen molar-refractivity contribution in [2.45, 2.75) is 11.3 Å². The molecule has 1 aromatic carbocycles. The molecule has 2 aliphatic rings. The topological polar surface area (TPSA) is 103 Å². The maximum Gasteiger partial charge on any atom is 0.256 e. The molecule has 0 spiro atoms. The van der Waals surface area contributed by atoms with Gasteiger partial charge in [0.25, 0.3) is 11.8 Å². The Morgan fingerprint density at radius 2 is 1.93 bits per heavy atom. The van der Waals surface area contributed by atoms with E-state index < -0.39 is 10.0 Å². The molecule has 2 aliphatic heterocycles. The van der Waals surface area contributed by atoms with Gasteiger partial charge in [-0.25, -0.2) is 12.7 Å². The molecular formula is C19H20N4O4S. The molecule has 0 saturated heterocycles. The van der Waals surface area contributed by atoms with E-state index in [0.717, 1.165) is 9.87 Å². The lowest BCUT2D eigenvalue weighted by Gasteiger charge is -2.22. The number of hydrogen-bond acceptors (Lipinski definition) is 4. The lowest BCUT2D eigenvalue weighted by atomic mass is 9.99. The lowest BCUT2D eigenvalue weighted by Crippen LogP contribution is -2.33. The zero-order valence-electron chi connectivity index (χ0n) is 15.7. The number of anilines is 1. The molecule has 4 rings (SSSR count).